The number of amides is 1. The second kappa shape index (κ2) is 15.0. The molecule has 12 atom stereocenters. The molecule has 6 heterocycles. The van der Waals surface area contributed by atoms with Gasteiger partial charge in [0.15, 0.2) is 13.4 Å². The Kier molecular flexibility index (Phi) is 10.3. The van der Waals surface area contributed by atoms with Gasteiger partial charge in [-0.2, -0.15) is 5.26 Å². The number of aliphatic hydroxyl groups is 2. The molecule has 1 amide bonds. The molecule has 15 heteroatoms. The first-order chi connectivity index (χ1) is 29.7. The number of hydrogen-bond donors (Lipinski definition) is 2. The van der Waals surface area contributed by atoms with Crippen molar-refractivity contribution in [3.63, 3.8) is 0 Å². The number of benzene rings is 1. The molecule has 2 N–H and O–H groups in total. The molecule has 6 aliphatic heterocycles. The van der Waals surface area contributed by atoms with Gasteiger partial charge in [0.1, 0.15) is 0 Å². The normalized spacial score (nSPS) is 40.0. The average molecular weight is 849 g/mol. The maximum absolute atomic E-state index is 15.5. The van der Waals surface area contributed by atoms with Crippen LogP contribution in [-0.2, 0) is 38.1 Å². The van der Waals surface area contributed by atoms with Crippen LogP contribution >= 0.6 is 0 Å². The number of carbonyl (C=O) groups is 4. The summed E-state index contributed by atoms with van der Waals surface area (Å²) in [5, 5.41) is 35.4. The molecule has 0 radical (unpaired) electrons. The first-order valence-corrected chi connectivity index (χ1v) is 22.1. The van der Waals surface area contributed by atoms with E-state index in [4.69, 9.17) is 18.9 Å². The van der Waals surface area contributed by atoms with Crippen molar-refractivity contribution in [1.29, 1.82) is 5.26 Å². The minimum atomic E-state index is -2.53. The fraction of sp³-hybridized carbons (Fsp3) is 0.596. The topological polar surface area (TPSA) is 179 Å². The Morgan fingerprint density at radius 2 is 1.81 bits per heavy atom. The van der Waals surface area contributed by atoms with E-state index in [-0.39, 0.29) is 5.92 Å². The zero-order valence-corrected chi connectivity index (χ0v) is 36.5. The van der Waals surface area contributed by atoms with E-state index in [1.54, 1.807) is 7.11 Å². The van der Waals surface area contributed by atoms with E-state index >= 15 is 4.79 Å². The van der Waals surface area contributed by atoms with Crippen LogP contribution in [0.3, 0.4) is 0 Å². The van der Waals surface area contributed by atoms with Crippen molar-refractivity contribution in [1.82, 2.24) is 14.7 Å². The van der Waals surface area contributed by atoms with E-state index in [0.717, 1.165) is 22.1 Å². The standard InChI is InChI=1S/C47H57BN4O10/c1-7-43(57)21-29-22-46(41(55)60-5,37-30(12-16-50(24-29)25-43)31-18-28(23-49)10-11-34(31)48-37)33-19-32-35(20-36(33)59-4)52(26-53)39-45(32)14-17-51-15-9-13-44(8-2,38(45)51)40(62-27(3)54)47(39,58)42(56)61-6/h9-11,13,18-20,26,29,33,36,38-40,48,57-58H,7-8,12,14-17,21-22,24-25H2,1-6H3/t29-,33?,36?,38+,39-,40-,43+,44-,45-,46+,47+/m1/s1. The summed E-state index contributed by atoms with van der Waals surface area (Å²) in [5.74, 6) is -3.03. The summed E-state index contributed by atoms with van der Waals surface area (Å²) < 4.78 is 23.9. The lowest BCUT2D eigenvalue weighted by Gasteiger charge is -2.63. The summed E-state index contributed by atoms with van der Waals surface area (Å²) in [5.41, 5.74) is -1.62. The van der Waals surface area contributed by atoms with E-state index in [1.165, 1.54) is 26.0 Å². The highest BCUT2D eigenvalue weighted by molar-refractivity contribution is 6.67. The molecular formula is C47H57BN4O10. The van der Waals surface area contributed by atoms with Gasteiger partial charge in [-0.05, 0) is 85.9 Å². The van der Waals surface area contributed by atoms with Gasteiger partial charge in [0, 0.05) is 68.7 Å². The van der Waals surface area contributed by atoms with E-state index in [1.807, 2.05) is 50.3 Å². The molecule has 2 aliphatic carbocycles. The lowest BCUT2D eigenvalue weighted by molar-refractivity contribution is -0.242. The van der Waals surface area contributed by atoms with Crippen molar-refractivity contribution in [2.45, 2.75) is 94.8 Å². The fourth-order valence-corrected chi connectivity index (χ4v) is 14.3. The van der Waals surface area contributed by atoms with Crippen LogP contribution in [0, 0.1) is 39.4 Å². The van der Waals surface area contributed by atoms with Crippen molar-refractivity contribution in [2.24, 2.45) is 28.1 Å². The third-order valence-corrected chi connectivity index (χ3v) is 16.5. The molecule has 328 valence electrons. The van der Waals surface area contributed by atoms with Gasteiger partial charge in [-0.15, -0.1) is 0 Å². The second-order valence-electron chi connectivity index (χ2n) is 19.1. The molecule has 2 bridgehead atoms. The molecule has 1 spiro atoms. The molecule has 0 aromatic heterocycles. The number of ether oxygens (including phenoxy) is 4. The highest BCUT2D eigenvalue weighted by atomic mass is 16.6. The third-order valence-electron chi connectivity index (χ3n) is 16.5. The quantitative estimate of drug-likeness (QED) is 0.128. The lowest BCUT2D eigenvalue weighted by Crippen LogP contribution is -2.80. The van der Waals surface area contributed by atoms with Gasteiger partial charge in [0.05, 0.1) is 49.0 Å². The van der Waals surface area contributed by atoms with E-state index in [2.05, 4.69) is 21.9 Å². The number of nitrogens with zero attached hydrogens (tertiary/aromatic N) is 4. The van der Waals surface area contributed by atoms with E-state index in [0.29, 0.717) is 102 Å². The van der Waals surface area contributed by atoms with Gasteiger partial charge in [-0.25, -0.2) is 4.79 Å². The molecule has 1 saturated carbocycles. The lowest BCUT2D eigenvalue weighted by atomic mass is 9.46. The Hall–Kier alpha value is -4.59. The first kappa shape index (κ1) is 42.7. The maximum atomic E-state index is 15.5. The maximum Gasteiger partial charge on any atom is 0.344 e. The highest BCUT2D eigenvalue weighted by Gasteiger charge is 2.82. The van der Waals surface area contributed by atoms with E-state index in [9.17, 15) is 29.9 Å². The smallest absolute Gasteiger partial charge is 0.344 e. The number of carbonyl (C=O) groups excluding carboxylic acids is 4. The number of hydrogen-bond acceptors (Lipinski definition) is 13. The highest BCUT2D eigenvalue weighted by Crippen LogP contribution is 2.70. The van der Waals surface area contributed by atoms with Crippen LogP contribution in [0.2, 0.25) is 0 Å². The van der Waals surface area contributed by atoms with Crippen molar-refractivity contribution >= 4 is 42.6 Å². The van der Waals surface area contributed by atoms with Crippen LogP contribution in [0.4, 0.5) is 0 Å². The zero-order valence-electron chi connectivity index (χ0n) is 36.5. The Balaban J connectivity index is 1.34. The molecular weight excluding hydrogens is 791 g/mol. The Labute approximate surface area is 363 Å². The molecule has 9 rings (SSSR count). The van der Waals surface area contributed by atoms with Gasteiger partial charge in [0.2, 0.25) is 12.0 Å². The van der Waals surface area contributed by atoms with Gasteiger partial charge in [-0.1, -0.05) is 49.1 Å². The largest absolute Gasteiger partial charge is 0.468 e. The van der Waals surface area contributed by atoms with Crippen LogP contribution in [-0.4, -0.2) is 146 Å². The number of rotatable bonds is 8. The van der Waals surface area contributed by atoms with Crippen LogP contribution in [0.25, 0.3) is 5.57 Å². The predicted octanol–water partition coefficient (Wildman–Crippen LogP) is 1.93. The minimum Gasteiger partial charge on any atom is -0.468 e. The first-order valence-electron chi connectivity index (χ1n) is 22.1. The van der Waals surface area contributed by atoms with Crippen LogP contribution in [0.1, 0.15) is 70.4 Å². The zero-order chi connectivity index (χ0) is 44.1. The number of methoxy groups -OCH3 is 3. The van der Waals surface area contributed by atoms with E-state index < -0.39 is 75.6 Å². The monoisotopic (exact) mass is 848 g/mol. The number of nitriles is 1. The molecule has 3 saturated heterocycles. The summed E-state index contributed by atoms with van der Waals surface area (Å²) in [6.07, 6.45) is 9.02. The van der Waals surface area contributed by atoms with Crippen molar-refractivity contribution < 1.29 is 48.3 Å². The molecule has 8 aliphatic rings. The summed E-state index contributed by atoms with van der Waals surface area (Å²) >= 11 is 0. The molecule has 62 heavy (non-hydrogen) atoms. The number of esters is 3. The Bertz CT molecular complexity index is 2290. The van der Waals surface area contributed by atoms with Gasteiger partial charge in [0.25, 0.3) is 0 Å². The SMILES string of the molecule is CC[C@]1(O)C[C@H]2CN(CCC3=C(Bc4ccc(C#N)cc43)[C@@](C(=O)OC)(C3C=C4C(=CC3OC)N(C=O)[C@H]3[C@@](O)(C(=O)OC)[C@H](OC(C)=O)[C@]5(CC)C=CCN6CC[C@]43[C@@H]65)C2)C1. The number of piperidine rings is 1. The Morgan fingerprint density at radius 3 is 2.47 bits per heavy atom. The van der Waals surface area contributed by atoms with Gasteiger partial charge >= 0.3 is 17.9 Å². The molecule has 4 fully saturated rings. The van der Waals surface area contributed by atoms with Crippen molar-refractivity contribution in [3.8, 4) is 6.07 Å². The van der Waals surface area contributed by atoms with Crippen LogP contribution in [0.5, 0.6) is 0 Å². The number of fused-ring (bicyclic) bond motifs is 5. The minimum absolute atomic E-state index is 0.137. The molecule has 3 unspecified atom stereocenters. The van der Waals surface area contributed by atoms with Crippen LogP contribution < -0.4 is 5.46 Å². The van der Waals surface area contributed by atoms with Gasteiger partial charge in [-0.3, -0.25) is 24.2 Å². The van der Waals surface area contributed by atoms with Crippen LogP contribution in [0.15, 0.2) is 59.2 Å². The van der Waals surface area contributed by atoms with Crippen molar-refractivity contribution in [2.75, 3.05) is 54.1 Å². The molecule has 1 aromatic carbocycles. The van der Waals surface area contributed by atoms with Gasteiger partial charge < -0.3 is 34.1 Å². The summed E-state index contributed by atoms with van der Waals surface area (Å²) in [4.78, 5) is 62.7. The second-order valence-corrected chi connectivity index (χ2v) is 19.1. The van der Waals surface area contributed by atoms with Crippen molar-refractivity contribution in [3.05, 3.63) is 70.4 Å². The summed E-state index contributed by atoms with van der Waals surface area (Å²) in [6, 6.07) is 6.28. The fourth-order valence-electron chi connectivity index (χ4n) is 14.3. The summed E-state index contributed by atoms with van der Waals surface area (Å²) in [7, 11) is 4.59. The molecule has 14 nitrogen and oxygen atoms in total. The predicted molar refractivity (Wildman–Crippen MR) is 227 cm³/mol. The Morgan fingerprint density at radius 1 is 1.03 bits per heavy atom. The number of likely N-dealkylation sites (tertiary alicyclic amines) is 1. The third kappa shape index (κ3) is 5.58. The number of allylic oxidation sites excluding steroid dienone is 1. The average Bonchev–Trinajstić information content (AvgIpc) is 3.95. The molecule has 1 aromatic rings. The summed E-state index contributed by atoms with van der Waals surface area (Å²) in [6.45, 7) is 8.11.